The van der Waals surface area contributed by atoms with E-state index in [0.717, 1.165) is 30.8 Å². The minimum Gasteiger partial charge on any atom is -0.339 e. The van der Waals surface area contributed by atoms with Crippen molar-refractivity contribution < 1.29 is 4.79 Å². The molecule has 0 radical (unpaired) electrons. The van der Waals surface area contributed by atoms with Crippen LogP contribution in [0.2, 0.25) is 0 Å². The van der Waals surface area contributed by atoms with Crippen LogP contribution in [0.5, 0.6) is 0 Å². The van der Waals surface area contributed by atoms with Crippen molar-refractivity contribution in [3.05, 3.63) is 66.5 Å². The lowest BCUT2D eigenvalue weighted by Crippen LogP contribution is -2.38. The summed E-state index contributed by atoms with van der Waals surface area (Å²) in [6.07, 6.45) is 15.8. The molecule has 1 atom stereocenters. The molecule has 3 aromatic heterocycles. The Bertz CT molecular complexity index is 999. The van der Waals surface area contributed by atoms with Gasteiger partial charge < -0.3 is 10.2 Å². The molecule has 1 amide bonds. The molecule has 29 heavy (non-hydrogen) atoms. The Morgan fingerprint density at radius 3 is 2.90 bits per heavy atom. The third-order valence-electron chi connectivity index (χ3n) is 4.95. The van der Waals surface area contributed by atoms with Crippen LogP contribution < -0.4 is 5.32 Å². The van der Waals surface area contributed by atoms with E-state index in [1.54, 1.807) is 41.7 Å². The molecule has 3 aromatic rings. The molecule has 1 saturated heterocycles. The van der Waals surface area contributed by atoms with Gasteiger partial charge in [0.1, 0.15) is 11.6 Å². The van der Waals surface area contributed by atoms with Gasteiger partial charge in [0.05, 0.1) is 12.4 Å². The predicted molar refractivity (Wildman–Crippen MR) is 110 cm³/mol. The number of piperidine rings is 1. The van der Waals surface area contributed by atoms with E-state index >= 15 is 0 Å². The summed E-state index contributed by atoms with van der Waals surface area (Å²) in [7, 11) is 1.86. The van der Waals surface area contributed by atoms with E-state index in [1.165, 1.54) is 5.56 Å². The van der Waals surface area contributed by atoms with Crippen LogP contribution in [0.3, 0.4) is 0 Å². The van der Waals surface area contributed by atoms with E-state index < -0.39 is 0 Å². The van der Waals surface area contributed by atoms with Gasteiger partial charge in [-0.3, -0.25) is 14.5 Å². The molecule has 148 valence electrons. The average Bonchev–Trinajstić information content (AvgIpc) is 3.18. The highest BCUT2D eigenvalue weighted by Gasteiger charge is 2.24. The molecule has 1 N–H and O–H groups in total. The van der Waals surface area contributed by atoms with Gasteiger partial charge in [0.25, 0.3) is 0 Å². The van der Waals surface area contributed by atoms with Crippen molar-refractivity contribution in [3.63, 3.8) is 0 Å². The number of amides is 1. The van der Waals surface area contributed by atoms with Gasteiger partial charge >= 0.3 is 0 Å². The number of hydrogen-bond donors (Lipinski definition) is 1. The Morgan fingerprint density at radius 1 is 1.21 bits per heavy atom. The maximum absolute atomic E-state index is 12.6. The Balaban J connectivity index is 1.42. The number of likely N-dealkylation sites (tertiary alicyclic amines) is 1. The largest absolute Gasteiger partial charge is 0.339 e. The number of carbonyl (C=O) groups is 1. The van der Waals surface area contributed by atoms with Crippen LogP contribution in [-0.2, 0) is 11.8 Å². The molecule has 0 bridgehead atoms. The maximum Gasteiger partial charge on any atom is 0.246 e. The maximum atomic E-state index is 12.6. The van der Waals surface area contributed by atoms with Crippen molar-refractivity contribution in [2.75, 3.05) is 18.4 Å². The standard InChI is InChI=1S/C21H23N7O/c1-27-14-16(12-25-27)4-5-21(29)28-10-2-3-18(15-28)17-6-7-23-19(11-17)26-20-13-22-8-9-24-20/h4-9,11-14,18H,2-3,10,15H2,1H3,(H,23,24,26)/b5-4+/t18-/m1/s1. The van der Waals surface area contributed by atoms with Gasteiger partial charge in [0, 0.05) is 62.5 Å². The normalized spacial score (nSPS) is 16.9. The second-order valence-electron chi connectivity index (χ2n) is 7.09. The van der Waals surface area contributed by atoms with Crippen molar-refractivity contribution in [3.8, 4) is 0 Å². The fraction of sp³-hybridized carbons (Fsp3) is 0.286. The molecule has 0 aliphatic carbocycles. The van der Waals surface area contributed by atoms with Crippen molar-refractivity contribution in [1.29, 1.82) is 0 Å². The van der Waals surface area contributed by atoms with E-state index in [1.807, 2.05) is 36.4 Å². The lowest BCUT2D eigenvalue weighted by molar-refractivity contribution is -0.127. The highest BCUT2D eigenvalue weighted by molar-refractivity contribution is 5.91. The number of nitrogens with zero attached hydrogens (tertiary/aromatic N) is 6. The zero-order chi connectivity index (χ0) is 20.1. The van der Waals surface area contributed by atoms with Gasteiger partial charge in [-0.2, -0.15) is 5.10 Å². The van der Waals surface area contributed by atoms with Crippen LogP contribution in [0.25, 0.3) is 6.08 Å². The van der Waals surface area contributed by atoms with E-state index in [-0.39, 0.29) is 11.8 Å². The van der Waals surface area contributed by atoms with Gasteiger partial charge in [-0.1, -0.05) is 0 Å². The number of aromatic nitrogens is 5. The summed E-state index contributed by atoms with van der Waals surface area (Å²) in [5, 5.41) is 7.29. The van der Waals surface area contributed by atoms with Crippen molar-refractivity contribution in [2.24, 2.45) is 7.05 Å². The molecule has 0 saturated carbocycles. The first kappa shape index (κ1) is 18.8. The number of nitrogens with one attached hydrogen (secondary N) is 1. The van der Waals surface area contributed by atoms with Gasteiger partial charge in [-0.05, 0) is 36.6 Å². The minimum absolute atomic E-state index is 0.0329. The number of rotatable bonds is 5. The van der Waals surface area contributed by atoms with Gasteiger partial charge in [-0.25, -0.2) is 9.97 Å². The van der Waals surface area contributed by atoms with Crippen molar-refractivity contribution in [1.82, 2.24) is 29.6 Å². The lowest BCUT2D eigenvalue weighted by atomic mass is 9.91. The fourth-order valence-corrected chi connectivity index (χ4v) is 3.51. The fourth-order valence-electron chi connectivity index (χ4n) is 3.51. The Morgan fingerprint density at radius 2 is 2.10 bits per heavy atom. The molecule has 0 aromatic carbocycles. The first-order chi connectivity index (χ1) is 14.2. The number of pyridine rings is 1. The highest BCUT2D eigenvalue weighted by atomic mass is 16.2. The Hall–Kier alpha value is -3.55. The predicted octanol–water partition coefficient (Wildman–Crippen LogP) is 2.77. The summed E-state index contributed by atoms with van der Waals surface area (Å²) >= 11 is 0. The minimum atomic E-state index is 0.0329. The summed E-state index contributed by atoms with van der Waals surface area (Å²) in [6, 6.07) is 4.05. The molecular formula is C21H23N7O. The molecule has 4 rings (SSSR count). The number of aryl methyl sites for hydroxylation is 1. The van der Waals surface area contributed by atoms with Crippen molar-refractivity contribution in [2.45, 2.75) is 18.8 Å². The molecule has 8 nitrogen and oxygen atoms in total. The molecule has 8 heteroatoms. The summed E-state index contributed by atoms with van der Waals surface area (Å²) < 4.78 is 1.72. The van der Waals surface area contributed by atoms with E-state index in [0.29, 0.717) is 12.4 Å². The van der Waals surface area contributed by atoms with Crippen LogP contribution in [0, 0.1) is 0 Å². The average molecular weight is 389 g/mol. The topological polar surface area (TPSA) is 88.8 Å². The van der Waals surface area contributed by atoms with Crippen LogP contribution >= 0.6 is 0 Å². The first-order valence-electron chi connectivity index (χ1n) is 9.62. The molecule has 0 spiro atoms. The third kappa shape index (κ3) is 4.84. The summed E-state index contributed by atoms with van der Waals surface area (Å²) in [6.45, 7) is 1.48. The Kier molecular flexibility index (Phi) is 5.60. The molecule has 0 unspecified atom stereocenters. The smallest absolute Gasteiger partial charge is 0.246 e. The summed E-state index contributed by atoms with van der Waals surface area (Å²) in [4.78, 5) is 27.2. The molecular weight excluding hydrogens is 366 g/mol. The number of carbonyl (C=O) groups excluding carboxylic acids is 1. The molecule has 1 fully saturated rings. The van der Waals surface area contributed by atoms with Gasteiger partial charge in [-0.15, -0.1) is 0 Å². The second kappa shape index (κ2) is 8.64. The highest BCUT2D eigenvalue weighted by Crippen LogP contribution is 2.28. The Labute approximate surface area is 169 Å². The molecule has 1 aliphatic heterocycles. The zero-order valence-electron chi connectivity index (χ0n) is 16.3. The summed E-state index contributed by atoms with van der Waals surface area (Å²) in [5.41, 5.74) is 2.09. The van der Waals surface area contributed by atoms with Crippen LogP contribution in [-0.4, -0.2) is 48.6 Å². The monoisotopic (exact) mass is 389 g/mol. The molecule has 1 aliphatic rings. The third-order valence-corrected chi connectivity index (χ3v) is 4.95. The zero-order valence-corrected chi connectivity index (χ0v) is 16.3. The second-order valence-corrected chi connectivity index (χ2v) is 7.09. The number of anilines is 2. The van der Waals surface area contributed by atoms with E-state index in [2.05, 4.69) is 25.4 Å². The lowest BCUT2D eigenvalue weighted by Gasteiger charge is -2.32. The van der Waals surface area contributed by atoms with E-state index in [4.69, 9.17) is 0 Å². The quantitative estimate of drug-likeness (QED) is 0.675. The molecule has 4 heterocycles. The van der Waals surface area contributed by atoms with Crippen LogP contribution in [0.4, 0.5) is 11.6 Å². The van der Waals surface area contributed by atoms with Crippen LogP contribution in [0.1, 0.15) is 29.9 Å². The van der Waals surface area contributed by atoms with Crippen molar-refractivity contribution >= 4 is 23.6 Å². The summed E-state index contributed by atoms with van der Waals surface area (Å²) in [5.74, 6) is 1.69. The van der Waals surface area contributed by atoms with E-state index in [9.17, 15) is 4.79 Å². The van der Waals surface area contributed by atoms with Gasteiger partial charge in [0.2, 0.25) is 5.91 Å². The van der Waals surface area contributed by atoms with Gasteiger partial charge in [0.15, 0.2) is 0 Å². The van der Waals surface area contributed by atoms with Crippen LogP contribution in [0.15, 0.2) is 55.4 Å². The number of hydrogen-bond acceptors (Lipinski definition) is 6. The first-order valence-corrected chi connectivity index (χ1v) is 9.62. The SMILES string of the molecule is Cn1cc(/C=C/C(=O)N2CCC[C@@H](c3ccnc(Nc4cnccn4)c3)C2)cn1.